The van der Waals surface area contributed by atoms with E-state index in [1.54, 1.807) is 26.6 Å². The zero-order valence-electron chi connectivity index (χ0n) is 22.3. The first kappa shape index (κ1) is 26.8. The summed E-state index contributed by atoms with van der Waals surface area (Å²) in [5.41, 5.74) is 5.43. The van der Waals surface area contributed by atoms with Crippen LogP contribution in [0.15, 0.2) is 42.9 Å². The third-order valence-corrected chi connectivity index (χ3v) is 9.48. The molecule has 0 bridgehead atoms. The Morgan fingerprint density at radius 3 is 2.71 bits per heavy atom. The van der Waals surface area contributed by atoms with Crippen LogP contribution in [0.3, 0.4) is 0 Å². The van der Waals surface area contributed by atoms with Crippen LogP contribution in [0.1, 0.15) is 36.2 Å². The van der Waals surface area contributed by atoms with E-state index in [9.17, 15) is 8.42 Å². The zero-order valence-corrected chi connectivity index (χ0v) is 23.8. The molecule has 2 aromatic heterocycles. The maximum Gasteiger partial charge on any atom is 0.214 e. The third-order valence-electron chi connectivity index (χ3n) is 7.38. The first-order chi connectivity index (χ1) is 18.0. The van der Waals surface area contributed by atoms with Gasteiger partial charge in [0.2, 0.25) is 10.0 Å². The van der Waals surface area contributed by atoms with Crippen LogP contribution >= 0.6 is 11.6 Å². The summed E-state index contributed by atoms with van der Waals surface area (Å²) in [7, 11) is -0.0774. The number of nitrogens with one attached hydrogen (secondary N) is 1. The molecule has 0 saturated carbocycles. The van der Waals surface area contributed by atoms with Crippen molar-refractivity contribution in [2.75, 3.05) is 49.7 Å². The van der Waals surface area contributed by atoms with Crippen molar-refractivity contribution in [2.24, 2.45) is 0 Å². The van der Waals surface area contributed by atoms with Gasteiger partial charge in [-0.3, -0.25) is 4.90 Å². The molecule has 0 aliphatic carbocycles. The van der Waals surface area contributed by atoms with E-state index in [0.717, 1.165) is 48.1 Å². The van der Waals surface area contributed by atoms with E-state index in [2.05, 4.69) is 62.1 Å². The Morgan fingerprint density at radius 2 is 1.95 bits per heavy atom. The Balaban J connectivity index is 1.34. The maximum atomic E-state index is 12.3. The van der Waals surface area contributed by atoms with Crippen molar-refractivity contribution in [2.45, 2.75) is 38.8 Å². The second kappa shape index (κ2) is 10.4. The molecule has 0 spiro atoms. The van der Waals surface area contributed by atoms with Gasteiger partial charge in [0.15, 0.2) is 0 Å². The molecule has 2 aliphatic heterocycles. The molecule has 5 rings (SSSR count). The average Bonchev–Trinajstić information content (AvgIpc) is 2.87. The van der Waals surface area contributed by atoms with Crippen LogP contribution in [0.2, 0.25) is 5.02 Å². The number of sulfonamides is 1. The standard InChI is InChI=1S/C27H34ClN7O2S/c1-27(2)17-34(12-13-38(36,37)33(3)4)15-19-14-20(7-8-22(19)27)32-25-21-9-11-35(16-24(21)30-18-31-25)26-23(28)6-5-10-29-26/h5-8,10,14,18H,9,11-13,15-17H2,1-4H3,(H,30,31,32). The van der Waals surface area contributed by atoms with E-state index in [1.807, 2.05) is 12.1 Å². The van der Waals surface area contributed by atoms with Gasteiger partial charge in [0.1, 0.15) is 18.0 Å². The Bertz CT molecular complexity index is 1450. The molecule has 0 radical (unpaired) electrons. The summed E-state index contributed by atoms with van der Waals surface area (Å²) in [6.07, 6.45) is 4.13. The van der Waals surface area contributed by atoms with Gasteiger partial charge in [-0.25, -0.2) is 27.7 Å². The van der Waals surface area contributed by atoms with Gasteiger partial charge >= 0.3 is 0 Å². The minimum Gasteiger partial charge on any atom is -0.349 e. The van der Waals surface area contributed by atoms with Gasteiger partial charge in [0, 0.05) is 63.1 Å². The molecule has 0 amide bonds. The van der Waals surface area contributed by atoms with Crippen LogP contribution in [-0.2, 0) is 34.9 Å². The summed E-state index contributed by atoms with van der Waals surface area (Å²) >= 11 is 6.38. The lowest BCUT2D eigenvalue weighted by molar-refractivity contribution is 0.204. The van der Waals surface area contributed by atoms with Gasteiger partial charge in [-0.1, -0.05) is 31.5 Å². The molecular weight excluding hydrogens is 522 g/mol. The number of hydrogen-bond donors (Lipinski definition) is 1. The normalized spacial score (nSPS) is 17.3. The average molecular weight is 556 g/mol. The highest BCUT2D eigenvalue weighted by Gasteiger charge is 2.32. The summed E-state index contributed by atoms with van der Waals surface area (Å²) in [5.74, 6) is 1.69. The fraction of sp³-hybridized carbons (Fsp3) is 0.444. The van der Waals surface area contributed by atoms with Crippen LogP contribution in [0.5, 0.6) is 0 Å². The quantitative estimate of drug-likeness (QED) is 0.470. The van der Waals surface area contributed by atoms with E-state index >= 15 is 0 Å². The van der Waals surface area contributed by atoms with Crippen molar-refractivity contribution >= 4 is 38.9 Å². The van der Waals surface area contributed by atoms with E-state index < -0.39 is 10.0 Å². The molecule has 2 aliphatic rings. The molecular formula is C27H34ClN7O2S. The number of aromatic nitrogens is 3. The molecule has 0 saturated heterocycles. The van der Waals surface area contributed by atoms with Crippen LogP contribution in [0.25, 0.3) is 0 Å². The highest BCUT2D eigenvalue weighted by molar-refractivity contribution is 7.89. The highest BCUT2D eigenvalue weighted by Crippen LogP contribution is 2.36. The number of pyridine rings is 1. The van der Waals surface area contributed by atoms with Gasteiger partial charge in [0.05, 0.1) is 23.0 Å². The number of hydrogen-bond acceptors (Lipinski definition) is 8. The van der Waals surface area contributed by atoms with Crippen molar-refractivity contribution in [3.05, 3.63) is 70.3 Å². The van der Waals surface area contributed by atoms with Crippen molar-refractivity contribution in [1.82, 2.24) is 24.2 Å². The number of benzene rings is 1. The predicted octanol–water partition coefficient (Wildman–Crippen LogP) is 3.82. The summed E-state index contributed by atoms with van der Waals surface area (Å²) in [6, 6.07) is 10.1. The molecule has 11 heteroatoms. The largest absolute Gasteiger partial charge is 0.349 e. The molecule has 202 valence electrons. The van der Waals surface area contributed by atoms with Gasteiger partial charge in [-0.15, -0.1) is 0 Å². The van der Waals surface area contributed by atoms with Gasteiger partial charge in [-0.2, -0.15) is 0 Å². The second-order valence-electron chi connectivity index (χ2n) is 10.8. The Kier molecular flexibility index (Phi) is 7.34. The molecule has 4 heterocycles. The number of anilines is 3. The number of rotatable bonds is 7. The van der Waals surface area contributed by atoms with E-state index in [4.69, 9.17) is 11.6 Å². The summed E-state index contributed by atoms with van der Waals surface area (Å²) in [5, 5.41) is 4.16. The Morgan fingerprint density at radius 1 is 1.13 bits per heavy atom. The van der Waals surface area contributed by atoms with Gasteiger partial charge in [-0.05, 0) is 41.8 Å². The predicted molar refractivity (Wildman–Crippen MR) is 152 cm³/mol. The molecule has 1 N–H and O–H groups in total. The second-order valence-corrected chi connectivity index (χ2v) is 13.5. The smallest absolute Gasteiger partial charge is 0.214 e. The van der Waals surface area contributed by atoms with Gasteiger partial charge < -0.3 is 10.2 Å². The van der Waals surface area contributed by atoms with Crippen LogP contribution in [0.4, 0.5) is 17.3 Å². The number of fused-ring (bicyclic) bond motifs is 2. The minimum atomic E-state index is -3.24. The molecule has 38 heavy (non-hydrogen) atoms. The van der Waals surface area contributed by atoms with Crippen molar-refractivity contribution in [3.8, 4) is 0 Å². The summed E-state index contributed by atoms with van der Waals surface area (Å²) in [6.45, 7) is 7.83. The highest BCUT2D eigenvalue weighted by atomic mass is 35.5. The molecule has 9 nitrogen and oxygen atoms in total. The van der Waals surface area contributed by atoms with Crippen LogP contribution in [0, 0.1) is 0 Å². The van der Waals surface area contributed by atoms with Crippen LogP contribution < -0.4 is 10.2 Å². The molecule has 0 unspecified atom stereocenters. The molecule has 3 aromatic rings. The van der Waals surface area contributed by atoms with E-state index in [-0.39, 0.29) is 11.2 Å². The first-order valence-corrected chi connectivity index (χ1v) is 14.7. The number of nitrogens with zero attached hydrogens (tertiary/aromatic N) is 6. The monoisotopic (exact) mass is 555 g/mol. The maximum absolute atomic E-state index is 12.3. The van der Waals surface area contributed by atoms with Crippen molar-refractivity contribution in [3.63, 3.8) is 0 Å². The fourth-order valence-corrected chi connectivity index (χ4v) is 6.47. The zero-order chi connectivity index (χ0) is 27.1. The summed E-state index contributed by atoms with van der Waals surface area (Å²) in [4.78, 5) is 18.0. The van der Waals surface area contributed by atoms with Crippen molar-refractivity contribution in [1.29, 1.82) is 0 Å². The number of halogens is 1. The Labute approximate surface area is 229 Å². The van der Waals surface area contributed by atoms with Crippen LogP contribution in [-0.4, -0.2) is 72.1 Å². The Hall–Kier alpha value is -2.79. The van der Waals surface area contributed by atoms with E-state index in [0.29, 0.717) is 24.7 Å². The fourth-order valence-electron chi connectivity index (χ4n) is 5.38. The molecule has 1 aromatic carbocycles. The lowest BCUT2D eigenvalue weighted by Gasteiger charge is -2.40. The lowest BCUT2D eigenvalue weighted by Crippen LogP contribution is -2.44. The molecule has 0 fully saturated rings. The van der Waals surface area contributed by atoms with Gasteiger partial charge in [0.25, 0.3) is 0 Å². The SMILES string of the molecule is CN(C)S(=O)(=O)CCN1Cc2cc(Nc3ncnc4c3CCN(c3ncccc3Cl)C4)ccc2C(C)(C)C1. The first-order valence-electron chi connectivity index (χ1n) is 12.7. The lowest BCUT2D eigenvalue weighted by atomic mass is 9.78. The topological polar surface area (TPSA) is 94.6 Å². The molecule has 0 atom stereocenters. The third kappa shape index (κ3) is 5.49. The van der Waals surface area contributed by atoms with E-state index in [1.165, 1.54) is 15.4 Å². The minimum absolute atomic E-state index is 0.0850. The summed E-state index contributed by atoms with van der Waals surface area (Å²) < 4.78 is 26.0. The van der Waals surface area contributed by atoms with Crippen molar-refractivity contribution < 1.29 is 8.42 Å².